The van der Waals surface area contributed by atoms with E-state index in [-0.39, 0.29) is 11.3 Å². The minimum atomic E-state index is -0.143. The van der Waals surface area contributed by atoms with Crippen LogP contribution in [0.4, 0.5) is 0 Å². The molecule has 162 valence electrons. The van der Waals surface area contributed by atoms with E-state index in [0.29, 0.717) is 29.2 Å². The first kappa shape index (κ1) is 21.8. The van der Waals surface area contributed by atoms with Crippen molar-refractivity contribution in [3.8, 4) is 0 Å². The fourth-order valence-corrected chi connectivity index (χ4v) is 3.94. The maximum absolute atomic E-state index is 13.1. The molecule has 0 aliphatic carbocycles. The van der Waals surface area contributed by atoms with E-state index >= 15 is 0 Å². The quantitative estimate of drug-likeness (QED) is 0.403. The van der Waals surface area contributed by atoms with Crippen molar-refractivity contribution in [3.05, 3.63) is 121 Å². The number of aromatic nitrogens is 3. The first-order valence-electron chi connectivity index (χ1n) is 10.4. The van der Waals surface area contributed by atoms with Gasteiger partial charge in [-0.1, -0.05) is 41.4 Å². The van der Waals surface area contributed by atoms with Gasteiger partial charge >= 0.3 is 0 Å². The van der Waals surface area contributed by atoms with Gasteiger partial charge in [0.05, 0.1) is 17.9 Å². The highest BCUT2D eigenvalue weighted by atomic mass is 35.5. The van der Waals surface area contributed by atoms with Crippen LogP contribution >= 0.6 is 11.6 Å². The Morgan fingerprint density at radius 2 is 1.66 bits per heavy atom. The highest BCUT2D eigenvalue weighted by Crippen LogP contribution is 2.21. The van der Waals surface area contributed by atoms with Crippen molar-refractivity contribution in [2.75, 3.05) is 0 Å². The molecule has 2 aromatic carbocycles. The van der Waals surface area contributed by atoms with Crippen LogP contribution in [0.15, 0.2) is 71.5 Å². The molecule has 32 heavy (non-hydrogen) atoms. The second-order valence-corrected chi connectivity index (χ2v) is 8.48. The number of hydrogen-bond acceptors (Lipinski definition) is 3. The topological polar surface area (TPSA) is 56.9 Å². The summed E-state index contributed by atoms with van der Waals surface area (Å²) in [5, 5.41) is 5.16. The fraction of sp³-hybridized carbons (Fsp3) is 0.192. The van der Waals surface area contributed by atoms with Crippen molar-refractivity contribution < 1.29 is 4.79 Å². The zero-order valence-electron chi connectivity index (χ0n) is 18.3. The summed E-state index contributed by atoms with van der Waals surface area (Å²) in [6.45, 7) is 4.38. The number of ketones is 1. The van der Waals surface area contributed by atoms with Gasteiger partial charge in [0, 0.05) is 35.8 Å². The number of hydrogen-bond donors (Lipinski definition) is 0. The number of halogens is 1. The Balaban J connectivity index is 1.60. The van der Waals surface area contributed by atoms with Gasteiger partial charge in [0.25, 0.3) is 5.56 Å². The van der Waals surface area contributed by atoms with Crippen LogP contribution in [0.2, 0.25) is 5.02 Å². The zero-order chi connectivity index (χ0) is 22.8. The van der Waals surface area contributed by atoms with Crippen LogP contribution in [0.5, 0.6) is 0 Å². The van der Waals surface area contributed by atoms with Crippen molar-refractivity contribution >= 4 is 17.4 Å². The Bertz CT molecular complexity index is 1330. The van der Waals surface area contributed by atoms with Crippen molar-refractivity contribution in [1.29, 1.82) is 0 Å². The lowest BCUT2D eigenvalue weighted by Gasteiger charge is -2.10. The number of nitrogens with zero attached hydrogens (tertiary/aromatic N) is 3. The average Bonchev–Trinajstić information content (AvgIpc) is 3.05. The van der Waals surface area contributed by atoms with Crippen LogP contribution in [0, 0.1) is 13.8 Å². The van der Waals surface area contributed by atoms with Gasteiger partial charge in [0.1, 0.15) is 0 Å². The predicted octanol–water partition coefficient (Wildman–Crippen LogP) is 4.72. The smallest absolute Gasteiger partial charge is 0.267 e. The van der Waals surface area contributed by atoms with Crippen LogP contribution in [0.25, 0.3) is 0 Å². The van der Waals surface area contributed by atoms with Gasteiger partial charge in [-0.05, 0) is 61.4 Å². The minimum absolute atomic E-state index is 0.0507. The van der Waals surface area contributed by atoms with Crippen LogP contribution in [-0.2, 0) is 20.0 Å². The Morgan fingerprint density at radius 3 is 2.34 bits per heavy atom. The van der Waals surface area contributed by atoms with Crippen LogP contribution in [0.1, 0.15) is 44.1 Å². The summed E-state index contributed by atoms with van der Waals surface area (Å²) >= 11 is 5.95. The number of carbonyl (C=O) groups is 1. The van der Waals surface area contributed by atoms with Gasteiger partial charge in [-0.15, -0.1) is 0 Å². The van der Waals surface area contributed by atoms with Crippen LogP contribution < -0.4 is 5.56 Å². The first-order valence-corrected chi connectivity index (χ1v) is 10.8. The molecule has 0 aliphatic heterocycles. The zero-order valence-corrected chi connectivity index (χ0v) is 19.1. The summed E-state index contributed by atoms with van der Waals surface area (Å²) in [5.74, 6) is -0.0507. The molecular formula is C26H24ClN3O2. The molecule has 0 radical (unpaired) electrons. The standard InChI is InChI=1S/C26H24ClN3O2/c1-17-4-6-19(7-5-17)16-30-24(31)13-12-22(28-30)15-23-14-18(2)25(29(23)3)26(32)20-8-10-21(27)11-9-20/h4-14H,15-16H2,1-3H3. The molecule has 0 fully saturated rings. The monoisotopic (exact) mass is 445 g/mol. The highest BCUT2D eigenvalue weighted by Gasteiger charge is 2.19. The number of benzene rings is 2. The van der Waals surface area contributed by atoms with Crippen LogP contribution in [-0.4, -0.2) is 20.1 Å². The summed E-state index contributed by atoms with van der Waals surface area (Å²) in [5.41, 5.74) is 5.89. The second-order valence-electron chi connectivity index (χ2n) is 8.05. The Kier molecular flexibility index (Phi) is 6.10. The summed E-state index contributed by atoms with van der Waals surface area (Å²) in [6.07, 6.45) is 0.513. The predicted molar refractivity (Wildman–Crippen MR) is 127 cm³/mol. The molecule has 0 amide bonds. The fourth-order valence-electron chi connectivity index (χ4n) is 3.81. The number of rotatable bonds is 6. The van der Waals surface area contributed by atoms with Gasteiger partial charge < -0.3 is 4.57 Å². The SMILES string of the molecule is Cc1ccc(Cn2nc(Cc3cc(C)c(C(=O)c4ccc(Cl)cc4)n3C)ccc2=O)cc1. The molecular weight excluding hydrogens is 422 g/mol. The van der Waals surface area contributed by atoms with Crippen LogP contribution in [0.3, 0.4) is 0 Å². The minimum Gasteiger partial charge on any atom is -0.344 e. The lowest BCUT2D eigenvalue weighted by atomic mass is 10.1. The number of aryl methyl sites for hydroxylation is 2. The van der Waals surface area contributed by atoms with E-state index < -0.39 is 0 Å². The molecule has 0 spiro atoms. The lowest BCUT2D eigenvalue weighted by Crippen LogP contribution is -2.24. The molecule has 0 saturated carbocycles. The van der Waals surface area contributed by atoms with E-state index in [1.807, 2.05) is 55.8 Å². The van der Waals surface area contributed by atoms with Gasteiger partial charge in [-0.2, -0.15) is 5.10 Å². The molecule has 0 aliphatic rings. The maximum atomic E-state index is 13.1. The summed E-state index contributed by atoms with van der Waals surface area (Å²) < 4.78 is 3.39. The molecule has 5 nitrogen and oxygen atoms in total. The lowest BCUT2D eigenvalue weighted by molar-refractivity contribution is 0.103. The van der Waals surface area contributed by atoms with Gasteiger partial charge in [0.2, 0.25) is 5.78 Å². The number of carbonyl (C=O) groups excluding carboxylic acids is 1. The molecule has 2 heterocycles. The Labute approximate surface area is 191 Å². The molecule has 0 atom stereocenters. The Hall–Kier alpha value is -3.44. The molecule has 0 bridgehead atoms. The van der Waals surface area contributed by atoms with E-state index in [0.717, 1.165) is 22.5 Å². The molecule has 6 heteroatoms. The van der Waals surface area contributed by atoms with Gasteiger partial charge in [-0.3, -0.25) is 9.59 Å². The van der Waals surface area contributed by atoms with Crippen molar-refractivity contribution in [1.82, 2.24) is 14.3 Å². The van der Waals surface area contributed by atoms with Crippen molar-refractivity contribution in [3.63, 3.8) is 0 Å². The highest BCUT2D eigenvalue weighted by molar-refractivity contribution is 6.30. The van der Waals surface area contributed by atoms with E-state index in [9.17, 15) is 9.59 Å². The first-order chi connectivity index (χ1) is 15.3. The third-order valence-electron chi connectivity index (χ3n) is 5.58. The average molecular weight is 446 g/mol. The van der Waals surface area contributed by atoms with E-state index in [2.05, 4.69) is 5.10 Å². The second kappa shape index (κ2) is 8.97. The Morgan fingerprint density at radius 1 is 0.969 bits per heavy atom. The third kappa shape index (κ3) is 4.58. The third-order valence-corrected chi connectivity index (χ3v) is 5.83. The molecule has 0 unspecified atom stereocenters. The van der Waals surface area contributed by atoms with Crippen molar-refractivity contribution in [2.45, 2.75) is 26.8 Å². The largest absolute Gasteiger partial charge is 0.344 e. The van der Waals surface area contributed by atoms with E-state index in [1.165, 1.54) is 10.2 Å². The molecule has 4 aromatic rings. The summed E-state index contributed by atoms with van der Waals surface area (Å²) in [6, 6.07) is 20.3. The normalized spacial score (nSPS) is 11.0. The maximum Gasteiger partial charge on any atom is 0.267 e. The molecule has 0 saturated heterocycles. The van der Waals surface area contributed by atoms with E-state index in [4.69, 9.17) is 11.6 Å². The van der Waals surface area contributed by atoms with E-state index in [1.54, 1.807) is 36.4 Å². The van der Waals surface area contributed by atoms with Gasteiger partial charge in [-0.25, -0.2) is 4.68 Å². The van der Waals surface area contributed by atoms with Crippen molar-refractivity contribution in [2.24, 2.45) is 7.05 Å². The molecule has 4 rings (SSSR count). The summed E-state index contributed by atoms with van der Waals surface area (Å²) in [7, 11) is 1.88. The van der Waals surface area contributed by atoms with Gasteiger partial charge in [0.15, 0.2) is 0 Å². The molecule has 0 N–H and O–H groups in total. The molecule has 2 aromatic heterocycles. The summed E-state index contributed by atoms with van der Waals surface area (Å²) in [4.78, 5) is 25.4.